The third-order valence-corrected chi connectivity index (χ3v) is 6.39. The molecular weight excluding hydrogens is 458 g/mol. The number of amides is 1. The van der Waals surface area contributed by atoms with Gasteiger partial charge in [-0.3, -0.25) is 9.59 Å². The number of para-hydroxylation sites is 1. The van der Waals surface area contributed by atoms with E-state index in [1.54, 1.807) is 18.2 Å². The Bertz CT molecular complexity index is 1550. The molecule has 0 fully saturated rings. The van der Waals surface area contributed by atoms with Gasteiger partial charge in [0.05, 0.1) is 0 Å². The largest absolute Gasteiger partial charge is 0.378 e. The number of carbonyl (C=O) groups is 2. The summed E-state index contributed by atoms with van der Waals surface area (Å²) in [5.74, 6) is -1.23. The number of fused-ring (bicyclic) bond motifs is 3. The van der Waals surface area contributed by atoms with E-state index in [2.05, 4.69) is 16.0 Å². The quantitative estimate of drug-likeness (QED) is 0.226. The Morgan fingerprint density at radius 1 is 0.829 bits per heavy atom. The van der Waals surface area contributed by atoms with Crippen molar-refractivity contribution in [2.75, 3.05) is 24.3 Å². The number of hydrogen-bond donors (Lipinski definition) is 1. The molecule has 0 unspecified atom stereocenters. The summed E-state index contributed by atoms with van der Waals surface area (Å²) in [7, 11) is 3.89. The topological polar surface area (TPSA) is 54.3 Å². The first-order chi connectivity index (χ1) is 16.9. The van der Waals surface area contributed by atoms with Crippen molar-refractivity contribution in [3.63, 3.8) is 0 Å². The Labute approximate surface area is 208 Å². The Hall–Kier alpha value is -4.09. The highest BCUT2D eigenvalue weighted by Crippen LogP contribution is 2.31. The average molecular weight is 482 g/mol. The summed E-state index contributed by atoms with van der Waals surface area (Å²) in [6.07, 6.45) is 0. The molecule has 5 rings (SSSR count). The number of hydrogen-bond acceptors (Lipinski definition) is 3. The van der Waals surface area contributed by atoms with Crippen molar-refractivity contribution >= 4 is 56.5 Å². The lowest BCUT2D eigenvalue weighted by Crippen LogP contribution is -2.22. The maximum atomic E-state index is 13.0. The van der Waals surface area contributed by atoms with E-state index in [4.69, 9.17) is 11.6 Å². The fraction of sp³-hybridized carbons (Fsp3) is 0.103. The minimum Gasteiger partial charge on any atom is -0.378 e. The van der Waals surface area contributed by atoms with Crippen LogP contribution in [0.3, 0.4) is 0 Å². The second-order valence-corrected chi connectivity index (χ2v) is 9.12. The maximum Gasteiger partial charge on any atom is 0.296 e. The lowest BCUT2D eigenvalue weighted by atomic mass is 10.1. The minimum atomic E-state index is -0.660. The number of anilines is 2. The number of aromatic nitrogens is 1. The molecule has 5 nitrogen and oxygen atoms in total. The number of benzene rings is 4. The minimum absolute atomic E-state index is 0.356. The SMILES string of the molecule is CN(C)c1ccc(NC(=O)C(=O)c2ccc3c(c2)c2ccccc2n3Cc2ccc(Cl)cc2)cc1. The van der Waals surface area contributed by atoms with Gasteiger partial charge in [0.1, 0.15) is 0 Å². The molecule has 1 heterocycles. The van der Waals surface area contributed by atoms with Gasteiger partial charge >= 0.3 is 0 Å². The fourth-order valence-electron chi connectivity index (χ4n) is 4.30. The van der Waals surface area contributed by atoms with Crippen LogP contribution in [-0.4, -0.2) is 30.4 Å². The van der Waals surface area contributed by atoms with E-state index >= 15 is 0 Å². The predicted octanol–water partition coefficient (Wildman–Crippen LogP) is 6.38. The average Bonchev–Trinajstić information content (AvgIpc) is 3.18. The second-order valence-electron chi connectivity index (χ2n) is 8.69. The standard InChI is InChI=1S/C29H24ClN3O2/c1-32(2)23-14-12-22(13-15-23)31-29(35)28(34)20-9-16-27-25(17-20)24-5-3-4-6-26(24)33(27)18-19-7-10-21(30)11-8-19/h3-17H,18H2,1-2H3,(H,31,35). The van der Waals surface area contributed by atoms with Crippen LogP contribution < -0.4 is 10.2 Å². The van der Waals surface area contributed by atoms with Crippen molar-refractivity contribution in [2.45, 2.75) is 6.54 Å². The summed E-state index contributed by atoms with van der Waals surface area (Å²) < 4.78 is 2.22. The summed E-state index contributed by atoms with van der Waals surface area (Å²) in [5, 5.41) is 5.38. The lowest BCUT2D eigenvalue weighted by Gasteiger charge is -2.13. The first kappa shape index (κ1) is 22.7. The molecule has 35 heavy (non-hydrogen) atoms. The monoisotopic (exact) mass is 481 g/mol. The van der Waals surface area contributed by atoms with Crippen molar-refractivity contribution in [3.8, 4) is 0 Å². The molecule has 174 valence electrons. The molecule has 1 aromatic heterocycles. The molecule has 5 aromatic rings. The second kappa shape index (κ2) is 9.28. The van der Waals surface area contributed by atoms with E-state index in [9.17, 15) is 9.59 Å². The summed E-state index contributed by atoms with van der Waals surface area (Å²) in [6, 6.07) is 28.7. The van der Waals surface area contributed by atoms with Gasteiger partial charge in [-0.25, -0.2) is 0 Å². The zero-order valence-corrected chi connectivity index (χ0v) is 20.2. The molecule has 0 saturated heterocycles. The lowest BCUT2D eigenvalue weighted by molar-refractivity contribution is -0.112. The van der Waals surface area contributed by atoms with Gasteiger partial charge in [-0.15, -0.1) is 0 Å². The number of nitrogens with one attached hydrogen (secondary N) is 1. The molecule has 0 radical (unpaired) electrons. The first-order valence-corrected chi connectivity index (χ1v) is 11.7. The summed E-state index contributed by atoms with van der Waals surface area (Å²) in [6.45, 7) is 0.665. The Morgan fingerprint density at radius 3 is 2.23 bits per heavy atom. The zero-order valence-electron chi connectivity index (χ0n) is 19.5. The Morgan fingerprint density at radius 2 is 1.51 bits per heavy atom. The van der Waals surface area contributed by atoms with Gasteiger partial charge in [-0.2, -0.15) is 0 Å². The third-order valence-electron chi connectivity index (χ3n) is 6.14. The molecule has 0 aliphatic carbocycles. The number of Topliss-reactive ketones (excluding diaryl/α,β-unsaturated/α-hetero) is 1. The van der Waals surface area contributed by atoms with Crippen LogP contribution in [0.15, 0.2) is 91.0 Å². The molecule has 0 bridgehead atoms. The number of halogens is 1. The van der Waals surface area contributed by atoms with Crippen molar-refractivity contribution in [1.82, 2.24) is 4.57 Å². The summed E-state index contributed by atoms with van der Waals surface area (Å²) in [4.78, 5) is 27.7. The smallest absolute Gasteiger partial charge is 0.296 e. The summed E-state index contributed by atoms with van der Waals surface area (Å²) >= 11 is 6.05. The van der Waals surface area contributed by atoms with Crippen LogP contribution >= 0.6 is 11.6 Å². The van der Waals surface area contributed by atoms with E-state index in [1.807, 2.05) is 85.7 Å². The molecule has 1 N–H and O–H groups in total. The first-order valence-electron chi connectivity index (χ1n) is 11.3. The third kappa shape index (κ3) is 4.51. The zero-order chi connectivity index (χ0) is 24.5. The number of ketones is 1. The fourth-order valence-corrected chi connectivity index (χ4v) is 4.43. The normalized spacial score (nSPS) is 11.1. The molecule has 0 aliphatic rings. The molecule has 0 atom stereocenters. The number of carbonyl (C=O) groups excluding carboxylic acids is 2. The van der Waals surface area contributed by atoms with Crippen LogP contribution in [0.5, 0.6) is 0 Å². The van der Waals surface area contributed by atoms with Crippen LogP contribution in [0.1, 0.15) is 15.9 Å². The van der Waals surface area contributed by atoms with Crippen molar-refractivity contribution in [3.05, 3.63) is 107 Å². The highest BCUT2D eigenvalue weighted by atomic mass is 35.5. The van der Waals surface area contributed by atoms with Crippen LogP contribution in [0, 0.1) is 0 Å². The molecule has 4 aromatic carbocycles. The van der Waals surface area contributed by atoms with E-state index in [1.165, 1.54) is 0 Å². The Balaban J connectivity index is 1.47. The number of rotatable bonds is 6. The Kier molecular flexibility index (Phi) is 6.01. The molecule has 0 aliphatic heterocycles. The van der Waals surface area contributed by atoms with Crippen molar-refractivity contribution in [2.24, 2.45) is 0 Å². The predicted molar refractivity (Wildman–Crippen MR) is 144 cm³/mol. The van der Waals surface area contributed by atoms with Gasteiger partial charge in [0.15, 0.2) is 0 Å². The highest BCUT2D eigenvalue weighted by Gasteiger charge is 2.19. The van der Waals surface area contributed by atoms with Crippen LogP contribution in [0.4, 0.5) is 11.4 Å². The van der Waals surface area contributed by atoms with E-state index in [0.717, 1.165) is 33.1 Å². The maximum absolute atomic E-state index is 13.0. The van der Waals surface area contributed by atoms with Crippen LogP contribution in [0.25, 0.3) is 21.8 Å². The highest BCUT2D eigenvalue weighted by molar-refractivity contribution is 6.46. The molecular formula is C29H24ClN3O2. The molecule has 6 heteroatoms. The molecule has 0 saturated carbocycles. The van der Waals surface area contributed by atoms with E-state index in [0.29, 0.717) is 22.8 Å². The molecule has 0 spiro atoms. The van der Waals surface area contributed by atoms with Crippen LogP contribution in [0.2, 0.25) is 5.02 Å². The summed E-state index contributed by atoms with van der Waals surface area (Å²) in [5.41, 5.74) is 5.13. The molecule has 1 amide bonds. The van der Waals surface area contributed by atoms with Crippen LogP contribution in [-0.2, 0) is 11.3 Å². The van der Waals surface area contributed by atoms with Crippen molar-refractivity contribution < 1.29 is 9.59 Å². The van der Waals surface area contributed by atoms with Gasteiger partial charge in [0.25, 0.3) is 11.7 Å². The van der Waals surface area contributed by atoms with Gasteiger partial charge in [-0.1, -0.05) is 41.9 Å². The van der Waals surface area contributed by atoms with Gasteiger partial charge in [0.2, 0.25) is 0 Å². The van der Waals surface area contributed by atoms with Gasteiger partial charge in [0, 0.05) is 64.4 Å². The van der Waals surface area contributed by atoms with E-state index < -0.39 is 11.7 Å². The van der Waals surface area contributed by atoms with Crippen molar-refractivity contribution in [1.29, 1.82) is 0 Å². The van der Waals surface area contributed by atoms with Gasteiger partial charge < -0.3 is 14.8 Å². The van der Waals surface area contributed by atoms with Gasteiger partial charge in [-0.05, 0) is 66.2 Å². The van der Waals surface area contributed by atoms with E-state index in [-0.39, 0.29) is 0 Å². The number of nitrogens with zero attached hydrogens (tertiary/aromatic N) is 2.